The highest BCUT2D eigenvalue weighted by Gasteiger charge is 2.13. The van der Waals surface area contributed by atoms with E-state index < -0.39 is 10.0 Å². The lowest BCUT2D eigenvalue weighted by Gasteiger charge is -2.10. The van der Waals surface area contributed by atoms with E-state index in [-0.39, 0.29) is 17.7 Å². The van der Waals surface area contributed by atoms with Gasteiger partial charge in [0.2, 0.25) is 10.0 Å². The van der Waals surface area contributed by atoms with Crippen molar-refractivity contribution in [1.29, 1.82) is 0 Å². The van der Waals surface area contributed by atoms with Crippen LogP contribution in [0.4, 0.5) is 0 Å². The summed E-state index contributed by atoms with van der Waals surface area (Å²) >= 11 is 0. The Labute approximate surface area is 161 Å². The van der Waals surface area contributed by atoms with Gasteiger partial charge in [-0.3, -0.25) is 4.79 Å². The predicted molar refractivity (Wildman–Crippen MR) is 106 cm³/mol. The van der Waals surface area contributed by atoms with Crippen LogP contribution >= 0.6 is 0 Å². The molecule has 2 aromatic carbocycles. The minimum absolute atomic E-state index is 0.0674. The second kappa shape index (κ2) is 9.53. The largest absolute Gasteiger partial charge is 0.494 e. The molecule has 0 radical (unpaired) electrons. The molecule has 0 unspecified atom stereocenters. The van der Waals surface area contributed by atoms with Gasteiger partial charge in [-0.2, -0.15) is 0 Å². The molecule has 7 heteroatoms. The number of sulfonamides is 1. The molecule has 0 fully saturated rings. The fraction of sp³-hybridized carbons (Fsp3) is 0.350. The fourth-order valence-corrected chi connectivity index (χ4v) is 3.98. The maximum Gasteiger partial charge on any atom is 0.251 e. The second-order valence-electron chi connectivity index (χ2n) is 6.49. The van der Waals surface area contributed by atoms with Crippen molar-refractivity contribution in [2.75, 3.05) is 6.61 Å². The van der Waals surface area contributed by atoms with Crippen molar-refractivity contribution in [2.45, 2.75) is 39.1 Å². The minimum Gasteiger partial charge on any atom is -0.494 e. The predicted octanol–water partition coefficient (Wildman–Crippen LogP) is 2.84. The van der Waals surface area contributed by atoms with Crippen LogP contribution in [0.1, 0.15) is 42.3 Å². The summed E-state index contributed by atoms with van der Waals surface area (Å²) in [5, 5.41) is 2.85. The molecule has 0 aromatic heterocycles. The van der Waals surface area contributed by atoms with Crippen molar-refractivity contribution in [3.63, 3.8) is 0 Å². The first-order valence-electron chi connectivity index (χ1n) is 8.88. The first kappa shape index (κ1) is 20.9. The Morgan fingerprint density at radius 3 is 2.37 bits per heavy atom. The van der Waals surface area contributed by atoms with Gasteiger partial charge in [0.25, 0.3) is 5.91 Å². The van der Waals surface area contributed by atoms with E-state index in [1.165, 1.54) is 0 Å². The Bertz CT molecular complexity index is 862. The maximum absolute atomic E-state index is 12.3. The van der Waals surface area contributed by atoms with Crippen molar-refractivity contribution in [3.05, 3.63) is 65.2 Å². The van der Waals surface area contributed by atoms with E-state index in [9.17, 15) is 13.2 Å². The number of hydrogen-bond donors (Lipinski definition) is 2. The van der Waals surface area contributed by atoms with Gasteiger partial charge in [-0.05, 0) is 50.1 Å². The number of amides is 1. The molecule has 1 amide bonds. The van der Waals surface area contributed by atoms with Gasteiger partial charge >= 0.3 is 0 Å². The topological polar surface area (TPSA) is 84.5 Å². The lowest BCUT2D eigenvalue weighted by molar-refractivity contribution is 0.0950. The lowest BCUT2D eigenvalue weighted by atomic mass is 10.1. The van der Waals surface area contributed by atoms with Crippen molar-refractivity contribution in [1.82, 2.24) is 10.0 Å². The normalized spacial score (nSPS) is 11.4. The van der Waals surface area contributed by atoms with Crippen LogP contribution in [0.15, 0.2) is 48.5 Å². The fourth-order valence-electron chi connectivity index (χ4n) is 2.55. The number of ether oxygens (including phenoxy) is 1. The standard InChI is InChI=1S/C20H26N2O4S/c1-4-26-19-7-5-6-18(12-19)20(23)21-13-16-8-10-17(11-9-16)14-27(24,25)22-15(2)3/h5-12,15,22H,4,13-14H2,1-3H3,(H,21,23). The Kier molecular flexibility index (Phi) is 7.38. The molecule has 0 spiro atoms. The van der Waals surface area contributed by atoms with Crippen LogP contribution in [0.25, 0.3) is 0 Å². The minimum atomic E-state index is -3.35. The molecule has 2 N–H and O–H groups in total. The number of carbonyl (C=O) groups excluding carboxylic acids is 1. The van der Waals surface area contributed by atoms with E-state index in [4.69, 9.17) is 4.74 Å². The molecular formula is C20H26N2O4S. The summed E-state index contributed by atoms with van der Waals surface area (Å²) < 4.78 is 31.9. The van der Waals surface area contributed by atoms with Gasteiger partial charge in [-0.25, -0.2) is 13.1 Å². The van der Waals surface area contributed by atoms with Crippen LogP contribution in [-0.2, 0) is 22.3 Å². The average Bonchev–Trinajstić information content (AvgIpc) is 2.60. The van der Waals surface area contributed by atoms with E-state index >= 15 is 0 Å². The molecule has 0 heterocycles. The molecule has 2 rings (SSSR count). The number of hydrogen-bond acceptors (Lipinski definition) is 4. The average molecular weight is 391 g/mol. The molecule has 27 heavy (non-hydrogen) atoms. The van der Waals surface area contributed by atoms with E-state index in [2.05, 4.69) is 10.0 Å². The lowest BCUT2D eigenvalue weighted by Crippen LogP contribution is -2.31. The van der Waals surface area contributed by atoms with Crippen molar-refractivity contribution >= 4 is 15.9 Å². The summed E-state index contributed by atoms with van der Waals surface area (Å²) in [6, 6.07) is 14.0. The van der Waals surface area contributed by atoms with Gasteiger partial charge in [0.05, 0.1) is 12.4 Å². The second-order valence-corrected chi connectivity index (χ2v) is 8.25. The molecule has 0 bridgehead atoms. The summed E-state index contributed by atoms with van der Waals surface area (Å²) in [4.78, 5) is 12.3. The highest BCUT2D eigenvalue weighted by molar-refractivity contribution is 7.88. The summed E-state index contributed by atoms with van der Waals surface area (Å²) in [5.41, 5.74) is 2.12. The molecule has 0 saturated carbocycles. The highest BCUT2D eigenvalue weighted by Crippen LogP contribution is 2.14. The zero-order chi connectivity index (χ0) is 19.9. The Morgan fingerprint density at radius 2 is 1.74 bits per heavy atom. The van der Waals surface area contributed by atoms with Crippen molar-refractivity contribution < 1.29 is 17.9 Å². The van der Waals surface area contributed by atoms with Gasteiger partial charge < -0.3 is 10.1 Å². The van der Waals surface area contributed by atoms with Crippen LogP contribution in [0.2, 0.25) is 0 Å². The smallest absolute Gasteiger partial charge is 0.251 e. The molecule has 0 atom stereocenters. The van der Waals surface area contributed by atoms with Gasteiger partial charge in [0, 0.05) is 18.2 Å². The van der Waals surface area contributed by atoms with Crippen molar-refractivity contribution in [3.8, 4) is 5.75 Å². The Hall–Kier alpha value is -2.38. The SMILES string of the molecule is CCOc1cccc(C(=O)NCc2ccc(CS(=O)(=O)NC(C)C)cc2)c1. The van der Waals surface area contributed by atoms with Gasteiger partial charge in [0.15, 0.2) is 0 Å². The van der Waals surface area contributed by atoms with Gasteiger partial charge in [-0.1, -0.05) is 30.3 Å². The summed E-state index contributed by atoms with van der Waals surface area (Å²) in [5.74, 6) is 0.400. The Morgan fingerprint density at radius 1 is 1.07 bits per heavy atom. The zero-order valence-corrected chi connectivity index (χ0v) is 16.7. The van der Waals surface area contributed by atoms with Crippen LogP contribution < -0.4 is 14.8 Å². The number of rotatable bonds is 9. The van der Waals surface area contributed by atoms with E-state index in [0.29, 0.717) is 30.0 Å². The summed E-state index contributed by atoms with van der Waals surface area (Å²) in [7, 11) is -3.35. The number of benzene rings is 2. The first-order chi connectivity index (χ1) is 12.8. The molecule has 6 nitrogen and oxygen atoms in total. The van der Waals surface area contributed by atoms with Crippen LogP contribution in [0, 0.1) is 0 Å². The van der Waals surface area contributed by atoms with Crippen LogP contribution in [0.5, 0.6) is 5.75 Å². The number of carbonyl (C=O) groups is 1. The molecule has 0 aliphatic heterocycles. The molecule has 146 valence electrons. The number of nitrogens with one attached hydrogen (secondary N) is 2. The summed E-state index contributed by atoms with van der Waals surface area (Å²) in [6.07, 6.45) is 0. The molecular weight excluding hydrogens is 364 g/mol. The highest BCUT2D eigenvalue weighted by atomic mass is 32.2. The van der Waals surface area contributed by atoms with E-state index in [1.807, 2.05) is 19.1 Å². The Balaban J connectivity index is 1.93. The van der Waals surface area contributed by atoms with Crippen molar-refractivity contribution in [2.24, 2.45) is 0 Å². The molecule has 0 aliphatic rings. The summed E-state index contributed by atoms with van der Waals surface area (Å²) in [6.45, 7) is 6.36. The zero-order valence-electron chi connectivity index (χ0n) is 15.9. The first-order valence-corrected chi connectivity index (χ1v) is 10.5. The quantitative estimate of drug-likeness (QED) is 0.690. The maximum atomic E-state index is 12.3. The molecule has 2 aromatic rings. The molecule has 0 saturated heterocycles. The van der Waals surface area contributed by atoms with E-state index in [1.54, 1.807) is 50.2 Å². The van der Waals surface area contributed by atoms with Crippen LogP contribution in [0.3, 0.4) is 0 Å². The molecule has 0 aliphatic carbocycles. The third kappa shape index (κ3) is 7.03. The third-order valence-corrected chi connectivity index (χ3v) is 5.20. The van der Waals surface area contributed by atoms with Crippen LogP contribution in [-0.4, -0.2) is 27.0 Å². The van der Waals surface area contributed by atoms with Gasteiger partial charge in [0.1, 0.15) is 5.75 Å². The van der Waals surface area contributed by atoms with Gasteiger partial charge in [-0.15, -0.1) is 0 Å². The van der Waals surface area contributed by atoms with E-state index in [0.717, 1.165) is 5.56 Å². The monoisotopic (exact) mass is 390 g/mol. The third-order valence-electron chi connectivity index (χ3n) is 3.66.